The molecular formula is C23H33N5O2. The number of carbonyl (C=O) groups is 1. The molecule has 1 unspecified atom stereocenters. The van der Waals surface area contributed by atoms with Gasteiger partial charge in [-0.3, -0.25) is 4.68 Å². The monoisotopic (exact) mass is 411 g/mol. The summed E-state index contributed by atoms with van der Waals surface area (Å²) in [5, 5.41) is 4.78. The van der Waals surface area contributed by atoms with Gasteiger partial charge in [0, 0.05) is 31.3 Å². The average Bonchev–Trinajstić information content (AvgIpc) is 3.00. The van der Waals surface area contributed by atoms with Crippen molar-refractivity contribution >= 4 is 17.5 Å². The van der Waals surface area contributed by atoms with E-state index in [1.165, 1.54) is 5.69 Å². The highest BCUT2D eigenvalue weighted by molar-refractivity contribution is 5.90. The first-order valence-electron chi connectivity index (χ1n) is 10.7. The van der Waals surface area contributed by atoms with Crippen molar-refractivity contribution < 1.29 is 9.53 Å². The van der Waals surface area contributed by atoms with Crippen molar-refractivity contribution in [3.63, 3.8) is 0 Å². The molecule has 2 aromatic rings. The molecule has 1 fully saturated rings. The Morgan fingerprint density at radius 3 is 2.60 bits per heavy atom. The van der Waals surface area contributed by atoms with Gasteiger partial charge in [0.05, 0.1) is 35.3 Å². The number of aromatic nitrogens is 2. The maximum atomic E-state index is 12.4. The van der Waals surface area contributed by atoms with Gasteiger partial charge in [0.25, 0.3) is 0 Å². The van der Waals surface area contributed by atoms with E-state index < -0.39 is 5.60 Å². The molecule has 2 aliphatic heterocycles. The van der Waals surface area contributed by atoms with E-state index in [9.17, 15) is 4.79 Å². The number of hydrogen-bond acceptors (Lipinski definition) is 5. The van der Waals surface area contributed by atoms with Crippen molar-refractivity contribution in [3.8, 4) is 11.1 Å². The van der Waals surface area contributed by atoms with Crippen molar-refractivity contribution in [1.29, 1.82) is 0 Å². The van der Waals surface area contributed by atoms with Crippen LogP contribution < -0.4 is 10.6 Å². The van der Waals surface area contributed by atoms with Gasteiger partial charge in [0.15, 0.2) is 0 Å². The molecule has 2 aliphatic rings. The average molecular weight is 412 g/mol. The van der Waals surface area contributed by atoms with Crippen LogP contribution in [-0.4, -0.2) is 46.5 Å². The Hall–Kier alpha value is -2.70. The number of benzene rings is 1. The topological polar surface area (TPSA) is 76.6 Å². The molecule has 1 saturated heterocycles. The van der Waals surface area contributed by atoms with Crippen LogP contribution in [0, 0.1) is 5.92 Å². The van der Waals surface area contributed by atoms with Gasteiger partial charge in [0.2, 0.25) is 0 Å². The molecule has 1 aromatic carbocycles. The summed E-state index contributed by atoms with van der Waals surface area (Å²) in [6.07, 6.45) is 2.71. The van der Waals surface area contributed by atoms with Crippen LogP contribution in [0.3, 0.4) is 0 Å². The number of para-hydroxylation sites is 1. The van der Waals surface area contributed by atoms with E-state index in [1.807, 2.05) is 39.1 Å². The van der Waals surface area contributed by atoms with Crippen LogP contribution in [0.5, 0.6) is 0 Å². The van der Waals surface area contributed by atoms with Crippen LogP contribution in [0.4, 0.5) is 16.2 Å². The minimum Gasteiger partial charge on any atom is -0.444 e. The number of likely N-dealkylation sites (tertiary alicyclic amines) is 1. The van der Waals surface area contributed by atoms with Gasteiger partial charge < -0.3 is 20.3 Å². The Morgan fingerprint density at radius 1 is 1.27 bits per heavy atom. The van der Waals surface area contributed by atoms with Crippen molar-refractivity contribution in [2.45, 2.75) is 58.7 Å². The van der Waals surface area contributed by atoms with E-state index in [0.29, 0.717) is 19.0 Å². The minimum absolute atomic E-state index is 0.159. The third kappa shape index (κ3) is 3.50. The Kier molecular flexibility index (Phi) is 4.95. The van der Waals surface area contributed by atoms with Crippen LogP contribution in [0.1, 0.15) is 58.8 Å². The molecule has 0 aliphatic carbocycles. The summed E-state index contributed by atoms with van der Waals surface area (Å²) in [4.78, 5) is 16.4. The van der Waals surface area contributed by atoms with Crippen LogP contribution in [0.25, 0.3) is 11.1 Å². The lowest BCUT2D eigenvalue weighted by molar-refractivity contribution is -0.000911. The van der Waals surface area contributed by atoms with Gasteiger partial charge in [0.1, 0.15) is 5.60 Å². The molecule has 1 aromatic heterocycles. The molecule has 0 bridgehead atoms. The van der Waals surface area contributed by atoms with Gasteiger partial charge in [-0.25, -0.2) is 4.79 Å². The molecule has 0 radical (unpaired) electrons. The number of nitrogens with two attached hydrogens (primary N) is 1. The second kappa shape index (κ2) is 7.22. The Labute approximate surface area is 178 Å². The Morgan fingerprint density at radius 2 is 1.97 bits per heavy atom. The van der Waals surface area contributed by atoms with Gasteiger partial charge in [-0.05, 0) is 39.2 Å². The van der Waals surface area contributed by atoms with Crippen LogP contribution in [0.2, 0.25) is 0 Å². The molecule has 1 amide bonds. The van der Waals surface area contributed by atoms with Crippen LogP contribution >= 0.6 is 0 Å². The fraction of sp³-hybridized carbons (Fsp3) is 0.565. The fourth-order valence-corrected chi connectivity index (χ4v) is 4.52. The van der Waals surface area contributed by atoms with Gasteiger partial charge in [-0.15, -0.1) is 0 Å². The summed E-state index contributed by atoms with van der Waals surface area (Å²) in [7, 11) is 2.12. The lowest BCUT2D eigenvalue weighted by Crippen LogP contribution is -2.53. The van der Waals surface area contributed by atoms with E-state index >= 15 is 0 Å². The van der Waals surface area contributed by atoms with E-state index in [2.05, 4.69) is 36.5 Å². The second-order valence-electron chi connectivity index (χ2n) is 9.93. The number of nitrogen functional groups attached to an aromatic ring is 1. The van der Waals surface area contributed by atoms with Crippen LogP contribution in [-0.2, 0) is 4.74 Å². The largest absolute Gasteiger partial charge is 0.444 e. The second-order valence-corrected chi connectivity index (χ2v) is 9.93. The summed E-state index contributed by atoms with van der Waals surface area (Å²) >= 11 is 0. The number of carbonyl (C=O) groups excluding carboxylic acids is 1. The summed E-state index contributed by atoms with van der Waals surface area (Å²) in [5.41, 5.74) is 11.2. The number of anilines is 2. The van der Waals surface area contributed by atoms with E-state index in [1.54, 1.807) is 4.90 Å². The first-order valence-corrected chi connectivity index (χ1v) is 10.7. The molecule has 7 heteroatoms. The predicted octanol–water partition coefficient (Wildman–Crippen LogP) is 4.46. The molecule has 1 atom stereocenters. The van der Waals surface area contributed by atoms with Gasteiger partial charge in [-0.1, -0.05) is 26.0 Å². The number of amides is 1. The molecule has 0 saturated carbocycles. The standard InChI is InChI=1S/C23H33N5O2/c1-14(2)10-19-21-17(16-8-7-9-18(24)20(16)26(19)6)11-25-28(21)15-12-27(13-15)22(29)30-23(3,4)5/h7-9,11,14-15,19H,10,12-13,24H2,1-6H3. The first kappa shape index (κ1) is 20.6. The Bertz CT molecular complexity index is 953. The summed E-state index contributed by atoms with van der Waals surface area (Å²) < 4.78 is 7.64. The van der Waals surface area contributed by atoms with E-state index in [4.69, 9.17) is 15.6 Å². The quantitative estimate of drug-likeness (QED) is 0.755. The maximum absolute atomic E-state index is 12.4. The van der Waals surface area contributed by atoms with E-state index in [-0.39, 0.29) is 18.2 Å². The summed E-state index contributed by atoms with van der Waals surface area (Å²) in [5.74, 6) is 0.528. The maximum Gasteiger partial charge on any atom is 0.410 e. The third-order valence-electron chi connectivity index (χ3n) is 5.88. The van der Waals surface area contributed by atoms with Crippen molar-refractivity contribution in [2.75, 3.05) is 30.8 Å². The lowest BCUT2D eigenvalue weighted by atomic mass is 9.88. The summed E-state index contributed by atoms with van der Waals surface area (Å²) in [6.45, 7) is 11.4. The molecule has 2 N–H and O–H groups in total. The zero-order valence-electron chi connectivity index (χ0n) is 18.8. The number of ether oxygens (including phenoxy) is 1. The lowest BCUT2D eigenvalue weighted by Gasteiger charge is -2.43. The molecule has 30 heavy (non-hydrogen) atoms. The van der Waals surface area contributed by atoms with Gasteiger partial charge >= 0.3 is 6.09 Å². The fourth-order valence-electron chi connectivity index (χ4n) is 4.52. The molecule has 7 nitrogen and oxygen atoms in total. The highest BCUT2D eigenvalue weighted by atomic mass is 16.6. The number of nitrogens with zero attached hydrogens (tertiary/aromatic N) is 4. The number of fused-ring (bicyclic) bond motifs is 3. The minimum atomic E-state index is -0.484. The number of hydrogen-bond donors (Lipinski definition) is 1. The first-order chi connectivity index (χ1) is 14.1. The molecular weight excluding hydrogens is 378 g/mol. The van der Waals surface area contributed by atoms with Crippen molar-refractivity contribution in [1.82, 2.24) is 14.7 Å². The molecule has 3 heterocycles. The predicted molar refractivity (Wildman–Crippen MR) is 120 cm³/mol. The SMILES string of the molecule is CC(C)CC1c2c(cnn2C2CN(C(=O)OC(C)(C)C)C2)-c2cccc(N)c2N1C. The summed E-state index contributed by atoms with van der Waals surface area (Å²) in [6, 6.07) is 6.43. The molecule has 162 valence electrons. The number of rotatable bonds is 3. The highest BCUT2D eigenvalue weighted by Crippen LogP contribution is 2.49. The zero-order valence-corrected chi connectivity index (χ0v) is 18.8. The highest BCUT2D eigenvalue weighted by Gasteiger charge is 2.40. The van der Waals surface area contributed by atoms with Crippen molar-refractivity contribution in [3.05, 3.63) is 30.1 Å². The third-order valence-corrected chi connectivity index (χ3v) is 5.88. The van der Waals surface area contributed by atoms with E-state index in [0.717, 1.165) is 28.9 Å². The smallest absolute Gasteiger partial charge is 0.410 e. The molecule has 0 spiro atoms. The van der Waals surface area contributed by atoms with Crippen molar-refractivity contribution in [2.24, 2.45) is 5.92 Å². The zero-order chi connectivity index (χ0) is 21.8. The molecule has 4 rings (SSSR count). The normalized spacial score (nSPS) is 18.8. The van der Waals surface area contributed by atoms with Crippen LogP contribution in [0.15, 0.2) is 24.4 Å². The Balaban J connectivity index is 1.66. The van der Waals surface area contributed by atoms with Gasteiger partial charge in [-0.2, -0.15) is 5.10 Å².